The molecule has 0 N–H and O–H groups in total. The van der Waals surface area contributed by atoms with E-state index < -0.39 is 0 Å². The van der Waals surface area contributed by atoms with Crippen molar-refractivity contribution < 1.29 is 0 Å². The maximum absolute atomic E-state index is 3.70. The molecule has 2 rings (SSSR count). The number of hydrogen-bond acceptors (Lipinski definition) is 3. The van der Waals surface area contributed by atoms with E-state index in [2.05, 4.69) is 15.4 Å². The topological polar surface area (TPSA) is 38.7 Å². The Balaban J connectivity index is 2.46. The van der Waals surface area contributed by atoms with Gasteiger partial charge in [0.2, 0.25) is 0 Å². The lowest BCUT2D eigenvalue weighted by Crippen LogP contribution is -1.85. The average Bonchev–Trinajstić information content (AvgIpc) is 2.21. The fourth-order valence-electron chi connectivity index (χ4n) is 1.02. The molecule has 2 aromatic rings. The molecular formula is C9H7N3. The largest absolute Gasteiger partial charge is 0.138 e. The minimum atomic E-state index is 0.991. The molecule has 0 aliphatic rings. The highest BCUT2D eigenvalue weighted by atomic mass is 15.3. The van der Waals surface area contributed by atoms with Crippen LogP contribution in [0.15, 0.2) is 42.7 Å². The minimum absolute atomic E-state index is 0.991. The Morgan fingerprint density at radius 1 is 0.750 bits per heavy atom. The summed E-state index contributed by atoms with van der Waals surface area (Å²) in [5, 5.41) is 10.9. The van der Waals surface area contributed by atoms with Crippen LogP contribution in [0.25, 0.3) is 11.1 Å². The highest BCUT2D eigenvalue weighted by Crippen LogP contribution is 2.14. The second-order valence-electron chi connectivity index (χ2n) is 2.40. The number of hydrogen-bond donors (Lipinski definition) is 0. The maximum Gasteiger partial charge on any atom is 0.0608 e. The summed E-state index contributed by atoms with van der Waals surface area (Å²) in [6, 6.07) is 9.97. The molecule has 0 spiro atoms. The highest BCUT2D eigenvalue weighted by Gasteiger charge is 1.94. The van der Waals surface area contributed by atoms with Crippen LogP contribution >= 0.6 is 0 Å². The summed E-state index contributed by atoms with van der Waals surface area (Å²) in [4.78, 5) is 0. The zero-order valence-corrected chi connectivity index (χ0v) is 6.38. The number of rotatable bonds is 1. The maximum atomic E-state index is 3.70. The molecule has 0 fully saturated rings. The molecule has 0 aliphatic carbocycles. The first kappa shape index (κ1) is 6.91. The van der Waals surface area contributed by atoms with Gasteiger partial charge in [0.05, 0.1) is 12.4 Å². The summed E-state index contributed by atoms with van der Waals surface area (Å²) in [6.07, 6.45) is 3.39. The van der Waals surface area contributed by atoms with Crippen LogP contribution in [0.2, 0.25) is 0 Å². The lowest BCUT2D eigenvalue weighted by Gasteiger charge is -1.96. The van der Waals surface area contributed by atoms with Crippen LogP contribution < -0.4 is 0 Å². The first-order chi connectivity index (χ1) is 5.97. The zero-order valence-electron chi connectivity index (χ0n) is 6.38. The fraction of sp³-hybridized carbons (Fsp3) is 0. The van der Waals surface area contributed by atoms with Gasteiger partial charge in [0.25, 0.3) is 0 Å². The predicted molar refractivity (Wildman–Crippen MR) is 45.3 cm³/mol. The fourth-order valence-corrected chi connectivity index (χ4v) is 1.02. The smallest absolute Gasteiger partial charge is 0.0608 e. The van der Waals surface area contributed by atoms with Crippen LogP contribution in [0.5, 0.6) is 0 Å². The van der Waals surface area contributed by atoms with Crippen LogP contribution in [0.1, 0.15) is 0 Å². The molecule has 1 aromatic carbocycles. The lowest BCUT2D eigenvalue weighted by molar-refractivity contribution is 0.867. The zero-order chi connectivity index (χ0) is 8.23. The monoisotopic (exact) mass is 157 g/mol. The molecule has 1 aromatic heterocycles. The Labute approximate surface area is 70.1 Å². The van der Waals surface area contributed by atoms with Crippen molar-refractivity contribution in [2.45, 2.75) is 0 Å². The Kier molecular flexibility index (Phi) is 1.78. The van der Waals surface area contributed by atoms with Crippen LogP contribution in [0.3, 0.4) is 0 Å². The second-order valence-corrected chi connectivity index (χ2v) is 2.40. The second kappa shape index (κ2) is 3.09. The van der Waals surface area contributed by atoms with Crippen molar-refractivity contribution in [1.29, 1.82) is 0 Å². The standard InChI is InChI=1S/C9H7N3/c1-2-4-8(5-3-1)9-6-10-12-11-7-9/h1-7H. The van der Waals surface area contributed by atoms with Gasteiger partial charge in [-0.15, -0.1) is 10.2 Å². The van der Waals surface area contributed by atoms with E-state index in [0.29, 0.717) is 0 Å². The molecule has 0 aliphatic heterocycles. The summed E-state index contributed by atoms with van der Waals surface area (Å²) < 4.78 is 0. The third kappa shape index (κ3) is 1.29. The molecule has 0 saturated carbocycles. The summed E-state index contributed by atoms with van der Waals surface area (Å²) in [6.45, 7) is 0. The van der Waals surface area contributed by atoms with Gasteiger partial charge in [0, 0.05) is 5.56 Å². The minimum Gasteiger partial charge on any atom is -0.138 e. The molecule has 58 valence electrons. The lowest BCUT2D eigenvalue weighted by atomic mass is 10.1. The Morgan fingerprint density at radius 3 is 2.08 bits per heavy atom. The Bertz CT molecular complexity index is 307. The number of nitrogens with zero attached hydrogens (tertiary/aromatic N) is 3. The van der Waals surface area contributed by atoms with E-state index in [4.69, 9.17) is 0 Å². The van der Waals surface area contributed by atoms with Gasteiger partial charge >= 0.3 is 0 Å². The number of aromatic nitrogens is 3. The molecule has 12 heavy (non-hydrogen) atoms. The summed E-state index contributed by atoms with van der Waals surface area (Å²) in [5.74, 6) is 0. The quantitative estimate of drug-likeness (QED) is 0.630. The molecule has 0 radical (unpaired) electrons. The molecule has 1 heterocycles. The SMILES string of the molecule is c1ccc(-c2cnnnc2)cc1. The Hall–Kier alpha value is -1.77. The van der Waals surface area contributed by atoms with Crippen molar-refractivity contribution in [2.24, 2.45) is 0 Å². The van der Waals surface area contributed by atoms with Crippen molar-refractivity contribution in [3.63, 3.8) is 0 Å². The van der Waals surface area contributed by atoms with Crippen molar-refractivity contribution in [3.05, 3.63) is 42.7 Å². The van der Waals surface area contributed by atoms with E-state index in [1.807, 2.05) is 30.3 Å². The summed E-state index contributed by atoms with van der Waals surface area (Å²) in [5.41, 5.74) is 2.10. The van der Waals surface area contributed by atoms with Crippen LogP contribution in [0.4, 0.5) is 0 Å². The molecule has 3 heteroatoms. The van der Waals surface area contributed by atoms with Crippen molar-refractivity contribution in [3.8, 4) is 11.1 Å². The van der Waals surface area contributed by atoms with Gasteiger partial charge in [-0.3, -0.25) is 0 Å². The van der Waals surface area contributed by atoms with Gasteiger partial charge in [-0.1, -0.05) is 30.3 Å². The van der Waals surface area contributed by atoms with Crippen LogP contribution in [0, 0.1) is 0 Å². The van der Waals surface area contributed by atoms with E-state index in [1.165, 1.54) is 0 Å². The van der Waals surface area contributed by atoms with E-state index in [9.17, 15) is 0 Å². The summed E-state index contributed by atoms with van der Waals surface area (Å²) >= 11 is 0. The number of benzene rings is 1. The predicted octanol–water partition coefficient (Wildman–Crippen LogP) is 1.54. The molecule has 3 nitrogen and oxygen atoms in total. The van der Waals surface area contributed by atoms with Gasteiger partial charge < -0.3 is 0 Å². The normalized spacial score (nSPS) is 9.67. The van der Waals surface area contributed by atoms with Crippen LogP contribution in [-0.2, 0) is 0 Å². The van der Waals surface area contributed by atoms with E-state index in [1.54, 1.807) is 12.4 Å². The van der Waals surface area contributed by atoms with Gasteiger partial charge in [-0.05, 0) is 10.8 Å². The summed E-state index contributed by atoms with van der Waals surface area (Å²) in [7, 11) is 0. The van der Waals surface area contributed by atoms with Crippen molar-refractivity contribution in [1.82, 2.24) is 15.4 Å². The van der Waals surface area contributed by atoms with Gasteiger partial charge in [-0.2, -0.15) is 0 Å². The molecular weight excluding hydrogens is 150 g/mol. The first-order valence-electron chi connectivity index (χ1n) is 3.65. The molecule has 0 saturated heterocycles. The van der Waals surface area contributed by atoms with E-state index >= 15 is 0 Å². The van der Waals surface area contributed by atoms with E-state index in [-0.39, 0.29) is 0 Å². The molecule has 0 amide bonds. The third-order valence-electron chi connectivity index (χ3n) is 1.60. The highest BCUT2D eigenvalue weighted by molar-refractivity contribution is 5.60. The average molecular weight is 157 g/mol. The van der Waals surface area contributed by atoms with Gasteiger partial charge in [-0.25, -0.2) is 0 Å². The molecule has 0 bridgehead atoms. The third-order valence-corrected chi connectivity index (χ3v) is 1.60. The van der Waals surface area contributed by atoms with Crippen molar-refractivity contribution in [2.75, 3.05) is 0 Å². The molecule has 0 unspecified atom stereocenters. The molecule has 0 atom stereocenters. The van der Waals surface area contributed by atoms with Gasteiger partial charge in [0.1, 0.15) is 0 Å². The Morgan fingerprint density at radius 2 is 1.42 bits per heavy atom. The van der Waals surface area contributed by atoms with Crippen molar-refractivity contribution >= 4 is 0 Å². The van der Waals surface area contributed by atoms with E-state index in [0.717, 1.165) is 11.1 Å². The first-order valence-corrected chi connectivity index (χ1v) is 3.65. The van der Waals surface area contributed by atoms with Gasteiger partial charge in [0.15, 0.2) is 0 Å². The van der Waals surface area contributed by atoms with Crippen LogP contribution in [-0.4, -0.2) is 15.4 Å².